The van der Waals surface area contributed by atoms with E-state index in [4.69, 9.17) is 4.74 Å². The molecule has 0 bridgehead atoms. The van der Waals surface area contributed by atoms with Gasteiger partial charge in [0, 0.05) is 18.7 Å². The minimum Gasteiger partial charge on any atom is -0.465 e. The summed E-state index contributed by atoms with van der Waals surface area (Å²) in [6.07, 6.45) is 1.55. The van der Waals surface area contributed by atoms with Gasteiger partial charge in [-0.15, -0.1) is 0 Å². The summed E-state index contributed by atoms with van der Waals surface area (Å²) in [4.78, 5) is 27.4. The normalized spacial score (nSPS) is 10.0. The number of ether oxygens (including phenoxy) is 1. The first kappa shape index (κ1) is 14.7. The van der Waals surface area contributed by atoms with E-state index >= 15 is 0 Å². The molecule has 1 aromatic heterocycles. The molecule has 0 saturated heterocycles. The van der Waals surface area contributed by atoms with Gasteiger partial charge in [-0.1, -0.05) is 29.8 Å². The zero-order chi connectivity index (χ0) is 15.4. The number of pyridine rings is 1. The average molecular weight is 284 g/mol. The number of methoxy groups -OCH3 is 1. The molecule has 0 fully saturated rings. The van der Waals surface area contributed by atoms with Crippen molar-refractivity contribution >= 4 is 17.7 Å². The van der Waals surface area contributed by atoms with Crippen LogP contribution in [0.1, 0.15) is 22.8 Å². The van der Waals surface area contributed by atoms with Crippen molar-refractivity contribution < 1.29 is 14.3 Å². The van der Waals surface area contributed by atoms with E-state index in [0.717, 1.165) is 11.1 Å². The van der Waals surface area contributed by atoms with Crippen LogP contribution in [-0.4, -0.2) is 24.0 Å². The molecule has 1 N–H and O–H groups in total. The van der Waals surface area contributed by atoms with Crippen molar-refractivity contribution in [1.29, 1.82) is 0 Å². The standard InChI is InChI=1S/C16H16N2O3/c1-10-5-4-6-12(9-10)13-7-8-17-15(18-11(2)19)14(13)16(20)21-3/h4-9H,1-3H3,(H,17,18,19). The van der Waals surface area contributed by atoms with Crippen molar-refractivity contribution in [1.82, 2.24) is 4.98 Å². The van der Waals surface area contributed by atoms with Crippen LogP contribution in [-0.2, 0) is 9.53 Å². The summed E-state index contributed by atoms with van der Waals surface area (Å²) < 4.78 is 4.82. The number of nitrogens with one attached hydrogen (secondary N) is 1. The molecule has 0 spiro atoms. The van der Waals surface area contributed by atoms with Crippen molar-refractivity contribution in [3.63, 3.8) is 0 Å². The Balaban J connectivity index is 2.65. The molecule has 1 aromatic carbocycles. The number of carbonyl (C=O) groups excluding carboxylic acids is 2. The van der Waals surface area contributed by atoms with Gasteiger partial charge in [0.1, 0.15) is 11.4 Å². The highest BCUT2D eigenvalue weighted by Gasteiger charge is 2.20. The Labute approximate surface area is 123 Å². The van der Waals surface area contributed by atoms with Crippen LogP contribution in [0.2, 0.25) is 0 Å². The highest BCUT2D eigenvalue weighted by atomic mass is 16.5. The lowest BCUT2D eigenvalue weighted by atomic mass is 9.99. The third-order valence-electron chi connectivity index (χ3n) is 2.96. The molecule has 1 heterocycles. The zero-order valence-electron chi connectivity index (χ0n) is 12.1. The molecule has 0 aliphatic rings. The fraction of sp³-hybridized carbons (Fsp3) is 0.188. The number of carbonyl (C=O) groups is 2. The summed E-state index contributed by atoms with van der Waals surface area (Å²) in [6.45, 7) is 3.33. The Hall–Kier alpha value is -2.69. The molecule has 108 valence electrons. The molecule has 0 unspecified atom stereocenters. The fourth-order valence-corrected chi connectivity index (χ4v) is 2.09. The first-order valence-corrected chi connectivity index (χ1v) is 6.45. The molecule has 21 heavy (non-hydrogen) atoms. The molecule has 5 heteroatoms. The van der Waals surface area contributed by atoms with Gasteiger partial charge in [-0.25, -0.2) is 9.78 Å². The maximum absolute atomic E-state index is 12.1. The Bertz CT molecular complexity index is 696. The Morgan fingerprint density at radius 1 is 1.24 bits per heavy atom. The van der Waals surface area contributed by atoms with Crippen LogP contribution in [0.15, 0.2) is 36.5 Å². The van der Waals surface area contributed by atoms with Gasteiger partial charge >= 0.3 is 5.97 Å². The highest BCUT2D eigenvalue weighted by molar-refractivity contribution is 6.04. The second-order valence-electron chi connectivity index (χ2n) is 4.62. The van der Waals surface area contributed by atoms with Gasteiger partial charge in [0.05, 0.1) is 7.11 Å². The summed E-state index contributed by atoms with van der Waals surface area (Å²) in [5, 5.41) is 2.56. The molecular formula is C16H16N2O3. The van der Waals surface area contributed by atoms with Gasteiger partial charge in [0.15, 0.2) is 0 Å². The van der Waals surface area contributed by atoms with Crippen LogP contribution in [0.25, 0.3) is 11.1 Å². The van der Waals surface area contributed by atoms with Crippen LogP contribution in [0.5, 0.6) is 0 Å². The van der Waals surface area contributed by atoms with Crippen molar-refractivity contribution in [3.05, 3.63) is 47.7 Å². The third-order valence-corrected chi connectivity index (χ3v) is 2.96. The average Bonchev–Trinajstić information content (AvgIpc) is 2.45. The van der Waals surface area contributed by atoms with Crippen molar-refractivity contribution in [2.24, 2.45) is 0 Å². The number of rotatable bonds is 3. The minimum atomic E-state index is -0.539. The molecule has 0 aliphatic carbocycles. The molecule has 1 amide bonds. The lowest BCUT2D eigenvalue weighted by Crippen LogP contribution is -2.14. The van der Waals surface area contributed by atoms with Gasteiger partial charge in [0.25, 0.3) is 0 Å². The number of esters is 1. The van der Waals surface area contributed by atoms with E-state index in [1.165, 1.54) is 14.0 Å². The lowest BCUT2D eigenvalue weighted by molar-refractivity contribution is -0.114. The first-order valence-electron chi connectivity index (χ1n) is 6.45. The number of amides is 1. The maximum Gasteiger partial charge on any atom is 0.342 e. The molecule has 0 aliphatic heterocycles. The molecule has 5 nitrogen and oxygen atoms in total. The number of aryl methyl sites for hydroxylation is 1. The van der Waals surface area contributed by atoms with Crippen LogP contribution in [0, 0.1) is 6.92 Å². The molecule has 0 atom stereocenters. The SMILES string of the molecule is COC(=O)c1c(-c2cccc(C)c2)ccnc1NC(C)=O. The molecular weight excluding hydrogens is 268 g/mol. The van der Waals surface area contributed by atoms with Crippen molar-refractivity contribution in [3.8, 4) is 11.1 Å². The largest absolute Gasteiger partial charge is 0.465 e. The second kappa shape index (κ2) is 6.17. The van der Waals surface area contributed by atoms with E-state index in [1.807, 2.05) is 31.2 Å². The van der Waals surface area contributed by atoms with E-state index in [9.17, 15) is 9.59 Å². The minimum absolute atomic E-state index is 0.202. The smallest absolute Gasteiger partial charge is 0.342 e. The van der Waals surface area contributed by atoms with Crippen LogP contribution >= 0.6 is 0 Å². The Morgan fingerprint density at radius 3 is 2.62 bits per heavy atom. The predicted octanol–water partition coefficient (Wildman–Crippen LogP) is 2.80. The second-order valence-corrected chi connectivity index (χ2v) is 4.62. The van der Waals surface area contributed by atoms with E-state index in [-0.39, 0.29) is 17.3 Å². The van der Waals surface area contributed by atoms with E-state index in [1.54, 1.807) is 12.3 Å². The molecule has 0 radical (unpaired) electrons. The predicted molar refractivity (Wildman–Crippen MR) is 80.1 cm³/mol. The number of nitrogens with zero attached hydrogens (tertiary/aromatic N) is 1. The van der Waals surface area contributed by atoms with E-state index in [2.05, 4.69) is 10.3 Å². The molecule has 2 aromatic rings. The Kier molecular flexibility index (Phi) is 4.33. The lowest BCUT2D eigenvalue weighted by Gasteiger charge is -2.13. The molecule has 2 rings (SSSR count). The number of aromatic nitrogens is 1. The van der Waals surface area contributed by atoms with Crippen molar-refractivity contribution in [2.45, 2.75) is 13.8 Å². The number of anilines is 1. The van der Waals surface area contributed by atoms with Gasteiger partial charge in [-0.2, -0.15) is 0 Å². The van der Waals surface area contributed by atoms with E-state index < -0.39 is 5.97 Å². The number of benzene rings is 1. The van der Waals surface area contributed by atoms with Gasteiger partial charge in [-0.05, 0) is 18.6 Å². The highest BCUT2D eigenvalue weighted by Crippen LogP contribution is 2.29. The topological polar surface area (TPSA) is 68.3 Å². The van der Waals surface area contributed by atoms with Gasteiger partial charge < -0.3 is 10.1 Å². The summed E-state index contributed by atoms with van der Waals surface area (Å²) in [6, 6.07) is 9.46. The Morgan fingerprint density at radius 2 is 2.00 bits per heavy atom. The molecule has 0 saturated carbocycles. The number of hydrogen-bond acceptors (Lipinski definition) is 4. The van der Waals surface area contributed by atoms with Gasteiger partial charge in [-0.3, -0.25) is 4.79 Å². The summed E-state index contributed by atoms with van der Waals surface area (Å²) in [5.74, 6) is -0.634. The van der Waals surface area contributed by atoms with Crippen LogP contribution in [0.4, 0.5) is 5.82 Å². The van der Waals surface area contributed by atoms with Crippen molar-refractivity contribution in [2.75, 3.05) is 12.4 Å². The monoisotopic (exact) mass is 284 g/mol. The zero-order valence-corrected chi connectivity index (χ0v) is 12.1. The fourth-order valence-electron chi connectivity index (χ4n) is 2.09. The summed E-state index contributed by atoms with van der Waals surface area (Å²) >= 11 is 0. The van der Waals surface area contributed by atoms with E-state index in [0.29, 0.717) is 5.56 Å². The third kappa shape index (κ3) is 3.25. The summed E-state index contributed by atoms with van der Waals surface area (Å²) in [5.41, 5.74) is 2.86. The quantitative estimate of drug-likeness (QED) is 0.880. The maximum atomic E-state index is 12.1. The summed E-state index contributed by atoms with van der Waals surface area (Å²) in [7, 11) is 1.30. The van der Waals surface area contributed by atoms with Crippen LogP contribution < -0.4 is 5.32 Å². The van der Waals surface area contributed by atoms with Crippen LogP contribution in [0.3, 0.4) is 0 Å². The van der Waals surface area contributed by atoms with Gasteiger partial charge in [0.2, 0.25) is 5.91 Å². The first-order chi connectivity index (χ1) is 10.0. The number of hydrogen-bond donors (Lipinski definition) is 1.